The number of hydrogen-bond donors (Lipinski definition) is 1. The lowest BCUT2D eigenvalue weighted by Crippen LogP contribution is -2.31. The van der Waals surface area contributed by atoms with Gasteiger partial charge in [0.2, 0.25) is 5.91 Å². The summed E-state index contributed by atoms with van der Waals surface area (Å²) in [5.41, 5.74) is 4.07. The van der Waals surface area contributed by atoms with Gasteiger partial charge in [-0.1, -0.05) is 0 Å². The molecule has 1 N–H and O–H groups in total. The predicted octanol–water partition coefficient (Wildman–Crippen LogP) is 2.61. The Morgan fingerprint density at radius 1 is 1.38 bits per heavy atom. The van der Waals surface area contributed by atoms with Crippen LogP contribution in [0.1, 0.15) is 28.0 Å². The second kappa shape index (κ2) is 5.29. The number of nitrogens with zero attached hydrogens (tertiary/aromatic N) is 2. The Hall–Kier alpha value is -2.21. The van der Waals surface area contributed by atoms with Crippen LogP contribution >= 0.6 is 11.5 Å². The van der Waals surface area contributed by atoms with Gasteiger partial charge in [0.25, 0.3) is 5.91 Å². The maximum Gasteiger partial charge on any atom is 0.258 e. The van der Waals surface area contributed by atoms with Crippen LogP contribution in [0.4, 0.5) is 11.4 Å². The molecule has 0 bridgehead atoms. The van der Waals surface area contributed by atoms with Gasteiger partial charge in [-0.3, -0.25) is 9.59 Å². The first-order valence-corrected chi connectivity index (χ1v) is 7.51. The molecular weight excluding hydrogens is 286 g/mol. The van der Waals surface area contributed by atoms with Crippen molar-refractivity contribution in [1.29, 1.82) is 0 Å². The lowest BCUT2D eigenvalue weighted by atomic mass is 10.0. The largest absolute Gasteiger partial charge is 0.322 e. The third-order valence-electron chi connectivity index (χ3n) is 3.68. The number of nitrogens with one attached hydrogen (secondary N) is 1. The van der Waals surface area contributed by atoms with Gasteiger partial charge in [0.15, 0.2) is 0 Å². The summed E-state index contributed by atoms with van der Waals surface area (Å²) in [4.78, 5) is 25.5. The molecule has 0 fully saturated rings. The molecular formula is C15H15N3O2S. The van der Waals surface area contributed by atoms with E-state index in [1.54, 1.807) is 17.3 Å². The highest BCUT2D eigenvalue weighted by molar-refractivity contribution is 7.04. The van der Waals surface area contributed by atoms with E-state index in [0.717, 1.165) is 22.6 Å². The topological polar surface area (TPSA) is 62.3 Å². The molecule has 2 heterocycles. The highest BCUT2D eigenvalue weighted by Gasteiger charge is 2.21. The van der Waals surface area contributed by atoms with E-state index in [0.29, 0.717) is 18.4 Å². The van der Waals surface area contributed by atoms with Crippen molar-refractivity contribution in [2.45, 2.75) is 19.8 Å². The molecule has 0 spiro atoms. The van der Waals surface area contributed by atoms with Gasteiger partial charge in [0.05, 0.1) is 11.3 Å². The summed E-state index contributed by atoms with van der Waals surface area (Å²) in [5, 5.41) is 4.63. The molecule has 0 atom stereocenters. The number of fused-ring (bicyclic) bond motifs is 1. The average molecular weight is 301 g/mol. The second-order valence-electron chi connectivity index (χ2n) is 5.06. The first kappa shape index (κ1) is 13.8. The quantitative estimate of drug-likeness (QED) is 0.927. The monoisotopic (exact) mass is 301 g/mol. The number of carbonyl (C=O) groups excluding carboxylic acids is 2. The molecule has 5 nitrogen and oxygen atoms in total. The van der Waals surface area contributed by atoms with Gasteiger partial charge in [-0.05, 0) is 48.6 Å². The summed E-state index contributed by atoms with van der Waals surface area (Å²) in [6.07, 6.45) is 1.22. The summed E-state index contributed by atoms with van der Waals surface area (Å²) in [5.74, 6) is -0.0271. The molecule has 0 saturated heterocycles. The van der Waals surface area contributed by atoms with Gasteiger partial charge < -0.3 is 10.2 Å². The SMILES string of the molecule is Cc1nscc1C(=O)Nc1ccc2c(c1)CCC(=O)N2C. The Bertz CT molecular complexity index is 723. The molecule has 2 amide bonds. The minimum atomic E-state index is -0.151. The minimum Gasteiger partial charge on any atom is -0.322 e. The van der Waals surface area contributed by atoms with Crippen LogP contribution in [0.25, 0.3) is 0 Å². The summed E-state index contributed by atoms with van der Waals surface area (Å²) >= 11 is 1.27. The molecule has 0 aliphatic carbocycles. The third-order valence-corrected chi connectivity index (χ3v) is 4.40. The fraction of sp³-hybridized carbons (Fsp3) is 0.267. The summed E-state index contributed by atoms with van der Waals surface area (Å²) in [6, 6.07) is 5.63. The maximum atomic E-state index is 12.2. The van der Waals surface area contributed by atoms with Crippen molar-refractivity contribution in [2.24, 2.45) is 0 Å². The van der Waals surface area contributed by atoms with Gasteiger partial charge in [0.1, 0.15) is 0 Å². The van der Waals surface area contributed by atoms with E-state index in [1.165, 1.54) is 11.5 Å². The van der Waals surface area contributed by atoms with Crippen molar-refractivity contribution in [3.05, 3.63) is 40.4 Å². The van der Waals surface area contributed by atoms with E-state index < -0.39 is 0 Å². The lowest BCUT2D eigenvalue weighted by Gasteiger charge is -2.26. The molecule has 3 rings (SSSR count). The molecule has 0 radical (unpaired) electrons. The van der Waals surface area contributed by atoms with Gasteiger partial charge in [-0.25, -0.2) is 0 Å². The zero-order chi connectivity index (χ0) is 15.0. The Balaban J connectivity index is 1.83. The highest BCUT2D eigenvalue weighted by Crippen LogP contribution is 2.29. The van der Waals surface area contributed by atoms with Crippen LogP contribution in [0.15, 0.2) is 23.6 Å². The van der Waals surface area contributed by atoms with E-state index in [4.69, 9.17) is 0 Å². The fourth-order valence-corrected chi connectivity index (χ4v) is 3.14. The smallest absolute Gasteiger partial charge is 0.258 e. The Labute approximate surface area is 126 Å². The van der Waals surface area contributed by atoms with Crippen LogP contribution in [0.5, 0.6) is 0 Å². The zero-order valence-corrected chi connectivity index (χ0v) is 12.7. The normalized spacial score (nSPS) is 14.0. The van der Waals surface area contributed by atoms with Crippen LogP contribution in [0, 0.1) is 6.92 Å². The molecule has 1 aliphatic heterocycles. The number of amides is 2. The number of hydrogen-bond acceptors (Lipinski definition) is 4. The molecule has 2 aromatic rings. The molecule has 1 aromatic heterocycles. The van der Waals surface area contributed by atoms with Crippen molar-refractivity contribution in [1.82, 2.24) is 4.37 Å². The summed E-state index contributed by atoms with van der Waals surface area (Å²) in [7, 11) is 1.78. The van der Waals surface area contributed by atoms with Crippen molar-refractivity contribution in [3.8, 4) is 0 Å². The lowest BCUT2D eigenvalue weighted by molar-refractivity contribution is -0.118. The van der Waals surface area contributed by atoms with E-state index >= 15 is 0 Å². The molecule has 0 unspecified atom stereocenters. The number of benzene rings is 1. The first-order chi connectivity index (χ1) is 10.1. The fourth-order valence-electron chi connectivity index (χ4n) is 2.44. The van der Waals surface area contributed by atoms with Crippen LogP contribution in [0.2, 0.25) is 0 Å². The molecule has 108 valence electrons. The average Bonchev–Trinajstić information content (AvgIpc) is 2.89. The van der Waals surface area contributed by atoms with Crippen LogP contribution in [-0.4, -0.2) is 23.2 Å². The second-order valence-corrected chi connectivity index (χ2v) is 5.69. The van der Waals surface area contributed by atoms with E-state index in [1.807, 2.05) is 25.1 Å². The number of aryl methyl sites for hydroxylation is 2. The zero-order valence-electron chi connectivity index (χ0n) is 11.8. The van der Waals surface area contributed by atoms with E-state index in [2.05, 4.69) is 9.69 Å². The van der Waals surface area contributed by atoms with Crippen LogP contribution in [0.3, 0.4) is 0 Å². The number of aromatic nitrogens is 1. The van der Waals surface area contributed by atoms with Crippen molar-refractivity contribution in [2.75, 3.05) is 17.3 Å². The van der Waals surface area contributed by atoms with Crippen LogP contribution in [-0.2, 0) is 11.2 Å². The Morgan fingerprint density at radius 3 is 2.90 bits per heavy atom. The molecule has 6 heteroatoms. The minimum absolute atomic E-state index is 0.124. The summed E-state index contributed by atoms with van der Waals surface area (Å²) < 4.78 is 4.10. The number of anilines is 2. The number of rotatable bonds is 2. The van der Waals surface area contributed by atoms with Gasteiger partial charge in [-0.2, -0.15) is 4.37 Å². The van der Waals surface area contributed by atoms with Gasteiger partial charge in [-0.15, -0.1) is 0 Å². The van der Waals surface area contributed by atoms with E-state index in [-0.39, 0.29) is 11.8 Å². The van der Waals surface area contributed by atoms with Crippen LogP contribution < -0.4 is 10.2 Å². The first-order valence-electron chi connectivity index (χ1n) is 6.68. The number of carbonyl (C=O) groups is 2. The molecule has 21 heavy (non-hydrogen) atoms. The Morgan fingerprint density at radius 2 is 2.19 bits per heavy atom. The molecule has 0 saturated carbocycles. The predicted molar refractivity (Wildman–Crippen MR) is 83.0 cm³/mol. The molecule has 1 aromatic carbocycles. The maximum absolute atomic E-state index is 12.2. The van der Waals surface area contributed by atoms with Crippen molar-refractivity contribution < 1.29 is 9.59 Å². The summed E-state index contributed by atoms with van der Waals surface area (Å²) in [6.45, 7) is 1.82. The van der Waals surface area contributed by atoms with Gasteiger partial charge in [0, 0.05) is 30.2 Å². The van der Waals surface area contributed by atoms with E-state index in [9.17, 15) is 9.59 Å². The highest BCUT2D eigenvalue weighted by atomic mass is 32.1. The standard InChI is InChI=1S/C15H15N3O2S/c1-9-12(8-21-17-9)15(20)16-11-4-5-13-10(7-11)3-6-14(19)18(13)2/h4-5,7-8H,3,6H2,1-2H3,(H,16,20). The molecule has 1 aliphatic rings. The van der Waals surface area contributed by atoms with Crippen molar-refractivity contribution >= 4 is 34.7 Å². The van der Waals surface area contributed by atoms with Crippen molar-refractivity contribution in [3.63, 3.8) is 0 Å². The Kier molecular flexibility index (Phi) is 3.47. The third kappa shape index (κ3) is 2.54. The van der Waals surface area contributed by atoms with Gasteiger partial charge >= 0.3 is 0 Å².